The molecule has 2 rings (SSSR count). The van der Waals surface area contributed by atoms with Crippen molar-refractivity contribution in [2.45, 2.75) is 33.2 Å². The van der Waals surface area contributed by atoms with E-state index in [4.69, 9.17) is 0 Å². The molecule has 0 amide bonds. The second kappa shape index (κ2) is 5.71. The summed E-state index contributed by atoms with van der Waals surface area (Å²) in [7, 11) is 0. The van der Waals surface area contributed by atoms with Gasteiger partial charge in [-0.05, 0) is 25.0 Å². The molecule has 2 unspecified atom stereocenters. The first-order valence-electron chi connectivity index (χ1n) is 6.72. The van der Waals surface area contributed by atoms with Crippen molar-refractivity contribution in [2.75, 3.05) is 5.32 Å². The van der Waals surface area contributed by atoms with Crippen molar-refractivity contribution >= 4 is 16.7 Å². The van der Waals surface area contributed by atoms with Crippen molar-refractivity contribution in [3.8, 4) is 6.07 Å². The third-order valence-electron chi connectivity index (χ3n) is 3.71. The van der Waals surface area contributed by atoms with Crippen molar-refractivity contribution < 1.29 is 0 Å². The standard InChI is InChI=1S/C16H19N3/c1-4-11(2)12(3)18-16-9-13(10-17)14-7-5-6-8-15(14)19-16/h5-9,11-12H,4H2,1-3H3,(H,18,19). The number of para-hydroxylation sites is 1. The van der Waals surface area contributed by atoms with E-state index in [2.05, 4.69) is 37.1 Å². The highest BCUT2D eigenvalue weighted by Gasteiger charge is 2.12. The molecule has 3 heteroatoms. The zero-order valence-corrected chi connectivity index (χ0v) is 11.6. The van der Waals surface area contributed by atoms with Crippen molar-refractivity contribution in [3.63, 3.8) is 0 Å². The van der Waals surface area contributed by atoms with Gasteiger partial charge in [0.1, 0.15) is 5.82 Å². The van der Waals surface area contributed by atoms with Crippen LogP contribution >= 0.6 is 0 Å². The first-order valence-corrected chi connectivity index (χ1v) is 6.72. The van der Waals surface area contributed by atoms with E-state index in [0.29, 0.717) is 17.5 Å². The summed E-state index contributed by atoms with van der Waals surface area (Å²) in [6, 6.07) is 12.2. The van der Waals surface area contributed by atoms with E-state index in [1.165, 1.54) is 0 Å². The first kappa shape index (κ1) is 13.4. The summed E-state index contributed by atoms with van der Waals surface area (Å²) in [5.41, 5.74) is 1.53. The van der Waals surface area contributed by atoms with Gasteiger partial charge in [0.05, 0.1) is 17.1 Å². The van der Waals surface area contributed by atoms with Crippen molar-refractivity contribution in [2.24, 2.45) is 5.92 Å². The smallest absolute Gasteiger partial charge is 0.128 e. The van der Waals surface area contributed by atoms with Crippen LogP contribution in [0, 0.1) is 17.2 Å². The lowest BCUT2D eigenvalue weighted by molar-refractivity contribution is 0.493. The highest BCUT2D eigenvalue weighted by atomic mass is 15.0. The summed E-state index contributed by atoms with van der Waals surface area (Å²) < 4.78 is 0. The molecule has 2 atom stereocenters. The number of hydrogen-bond acceptors (Lipinski definition) is 3. The predicted molar refractivity (Wildman–Crippen MR) is 79.0 cm³/mol. The minimum absolute atomic E-state index is 0.338. The lowest BCUT2D eigenvalue weighted by Gasteiger charge is -2.20. The van der Waals surface area contributed by atoms with Gasteiger partial charge in [-0.3, -0.25) is 0 Å². The molecule has 1 heterocycles. The lowest BCUT2D eigenvalue weighted by atomic mass is 10.0. The van der Waals surface area contributed by atoms with E-state index in [-0.39, 0.29) is 0 Å². The molecule has 0 aliphatic heterocycles. The Bertz CT molecular complexity index is 613. The summed E-state index contributed by atoms with van der Waals surface area (Å²) in [6.07, 6.45) is 1.12. The zero-order chi connectivity index (χ0) is 13.8. The number of pyridine rings is 1. The maximum Gasteiger partial charge on any atom is 0.128 e. The number of fused-ring (bicyclic) bond motifs is 1. The first-order chi connectivity index (χ1) is 9.15. The maximum atomic E-state index is 9.24. The Labute approximate surface area is 114 Å². The van der Waals surface area contributed by atoms with E-state index in [1.807, 2.05) is 30.3 Å². The summed E-state index contributed by atoms with van der Waals surface area (Å²) in [4.78, 5) is 4.58. The molecular formula is C16H19N3. The molecule has 0 fully saturated rings. The van der Waals surface area contributed by atoms with Crippen LogP contribution < -0.4 is 5.32 Å². The quantitative estimate of drug-likeness (QED) is 0.897. The number of nitrogens with one attached hydrogen (secondary N) is 1. The fourth-order valence-electron chi connectivity index (χ4n) is 2.07. The minimum atomic E-state index is 0.338. The van der Waals surface area contributed by atoms with Crippen LogP contribution in [0.3, 0.4) is 0 Å². The molecule has 3 nitrogen and oxygen atoms in total. The van der Waals surface area contributed by atoms with Crippen LogP contribution in [0.15, 0.2) is 30.3 Å². The van der Waals surface area contributed by atoms with Crippen LogP contribution in [0.4, 0.5) is 5.82 Å². The molecule has 0 radical (unpaired) electrons. The third-order valence-corrected chi connectivity index (χ3v) is 3.71. The molecule has 0 saturated carbocycles. The van der Waals surface area contributed by atoms with Gasteiger partial charge in [-0.15, -0.1) is 0 Å². The summed E-state index contributed by atoms with van der Waals surface area (Å²) >= 11 is 0. The zero-order valence-electron chi connectivity index (χ0n) is 11.6. The van der Waals surface area contributed by atoms with Crippen LogP contribution in [-0.2, 0) is 0 Å². The molecule has 19 heavy (non-hydrogen) atoms. The molecule has 2 aromatic rings. The largest absolute Gasteiger partial charge is 0.367 e. The molecule has 0 spiro atoms. The number of aromatic nitrogens is 1. The van der Waals surface area contributed by atoms with Crippen LogP contribution in [0.25, 0.3) is 10.9 Å². The van der Waals surface area contributed by atoms with Crippen LogP contribution in [0.1, 0.15) is 32.8 Å². The number of rotatable bonds is 4. The van der Waals surface area contributed by atoms with E-state index in [0.717, 1.165) is 23.1 Å². The number of nitrogens with zero attached hydrogens (tertiary/aromatic N) is 2. The van der Waals surface area contributed by atoms with Crippen molar-refractivity contribution in [1.82, 2.24) is 4.98 Å². The van der Waals surface area contributed by atoms with Gasteiger partial charge in [0.2, 0.25) is 0 Å². The minimum Gasteiger partial charge on any atom is -0.367 e. The number of anilines is 1. The lowest BCUT2D eigenvalue weighted by Crippen LogP contribution is -2.23. The molecular weight excluding hydrogens is 234 g/mol. The van der Waals surface area contributed by atoms with Gasteiger partial charge in [-0.25, -0.2) is 4.98 Å². The maximum absolute atomic E-state index is 9.24. The molecule has 98 valence electrons. The van der Waals surface area contributed by atoms with Crippen molar-refractivity contribution in [1.29, 1.82) is 5.26 Å². The molecule has 1 aromatic carbocycles. The Kier molecular flexibility index (Phi) is 4.01. The average Bonchev–Trinajstić information content (AvgIpc) is 2.45. The fraction of sp³-hybridized carbons (Fsp3) is 0.375. The number of hydrogen-bond donors (Lipinski definition) is 1. The fourth-order valence-corrected chi connectivity index (χ4v) is 2.07. The highest BCUT2D eigenvalue weighted by Crippen LogP contribution is 2.21. The third kappa shape index (κ3) is 2.85. The molecule has 0 saturated heterocycles. The number of nitriles is 1. The number of benzene rings is 1. The van der Waals surface area contributed by atoms with E-state index in [1.54, 1.807) is 0 Å². The van der Waals surface area contributed by atoms with Gasteiger partial charge in [0.15, 0.2) is 0 Å². The molecule has 1 aromatic heterocycles. The van der Waals surface area contributed by atoms with Crippen molar-refractivity contribution in [3.05, 3.63) is 35.9 Å². The highest BCUT2D eigenvalue weighted by molar-refractivity contribution is 5.86. The Morgan fingerprint density at radius 3 is 2.74 bits per heavy atom. The van der Waals surface area contributed by atoms with Gasteiger partial charge >= 0.3 is 0 Å². The molecule has 0 aliphatic carbocycles. The van der Waals surface area contributed by atoms with E-state index >= 15 is 0 Å². The van der Waals surface area contributed by atoms with E-state index in [9.17, 15) is 5.26 Å². The predicted octanol–water partition coefficient (Wildman–Crippen LogP) is 3.95. The second-order valence-electron chi connectivity index (χ2n) is 5.00. The van der Waals surface area contributed by atoms with Crippen LogP contribution in [0.5, 0.6) is 0 Å². The summed E-state index contributed by atoms with van der Waals surface area (Å²) in [5.74, 6) is 1.35. The molecule has 1 N–H and O–H groups in total. The van der Waals surface area contributed by atoms with Gasteiger partial charge in [-0.1, -0.05) is 38.5 Å². The normalized spacial score (nSPS) is 13.8. The Morgan fingerprint density at radius 2 is 2.05 bits per heavy atom. The topological polar surface area (TPSA) is 48.7 Å². The van der Waals surface area contributed by atoms with Gasteiger partial charge in [0.25, 0.3) is 0 Å². The SMILES string of the molecule is CCC(C)C(C)Nc1cc(C#N)c2ccccc2n1. The van der Waals surface area contributed by atoms with Gasteiger partial charge in [-0.2, -0.15) is 5.26 Å². The van der Waals surface area contributed by atoms with Gasteiger partial charge in [0, 0.05) is 11.4 Å². The Hall–Kier alpha value is -2.08. The molecule has 0 aliphatic rings. The van der Waals surface area contributed by atoms with Gasteiger partial charge < -0.3 is 5.32 Å². The van der Waals surface area contributed by atoms with Crippen LogP contribution in [0.2, 0.25) is 0 Å². The average molecular weight is 253 g/mol. The second-order valence-corrected chi connectivity index (χ2v) is 5.00. The summed E-state index contributed by atoms with van der Waals surface area (Å²) in [5, 5.41) is 13.6. The van der Waals surface area contributed by atoms with E-state index < -0.39 is 0 Å². The Morgan fingerprint density at radius 1 is 1.32 bits per heavy atom. The molecule has 0 bridgehead atoms. The summed E-state index contributed by atoms with van der Waals surface area (Å²) in [6.45, 7) is 6.54. The monoisotopic (exact) mass is 253 g/mol. The Balaban J connectivity index is 2.38. The van der Waals surface area contributed by atoms with Crippen LogP contribution in [-0.4, -0.2) is 11.0 Å².